The summed E-state index contributed by atoms with van der Waals surface area (Å²) in [7, 11) is 0. The Labute approximate surface area is 122 Å². The van der Waals surface area contributed by atoms with Crippen LogP contribution in [0.2, 0.25) is 0 Å². The van der Waals surface area contributed by atoms with Crippen molar-refractivity contribution >= 4 is 0 Å². The minimum Gasteiger partial charge on any atom is -0.494 e. The SMILES string of the molecule is CCCOc1ccc(C(C)NCC2(C3CC3)CC2)cc1. The minimum absolute atomic E-state index is 0.437. The average molecular weight is 273 g/mol. The molecule has 2 saturated carbocycles. The highest BCUT2D eigenvalue weighted by Gasteiger charge is 2.53. The predicted octanol–water partition coefficient (Wildman–Crippen LogP) is 4.32. The Hall–Kier alpha value is -1.02. The molecule has 1 aromatic carbocycles. The maximum atomic E-state index is 5.63. The Kier molecular flexibility index (Phi) is 4.02. The second-order valence-electron chi connectivity index (χ2n) is 6.66. The zero-order valence-corrected chi connectivity index (χ0v) is 12.8. The number of ether oxygens (including phenoxy) is 1. The third-order valence-electron chi connectivity index (χ3n) is 4.95. The first-order valence-corrected chi connectivity index (χ1v) is 8.20. The first kappa shape index (κ1) is 13.9. The van der Waals surface area contributed by atoms with Gasteiger partial charge in [-0.3, -0.25) is 0 Å². The van der Waals surface area contributed by atoms with Crippen LogP contribution in [0.4, 0.5) is 0 Å². The third-order valence-corrected chi connectivity index (χ3v) is 4.95. The van der Waals surface area contributed by atoms with Gasteiger partial charge in [-0.25, -0.2) is 0 Å². The van der Waals surface area contributed by atoms with E-state index in [1.54, 1.807) is 0 Å². The largest absolute Gasteiger partial charge is 0.494 e. The van der Waals surface area contributed by atoms with Crippen LogP contribution in [0.25, 0.3) is 0 Å². The maximum absolute atomic E-state index is 5.63. The first-order chi connectivity index (χ1) is 9.73. The van der Waals surface area contributed by atoms with Gasteiger partial charge in [0.2, 0.25) is 0 Å². The Morgan fingerprint density at radius 3 is 2.50 bits per heavy atom. The van der Waals surface area contributed by atoms with Crippen molar-refractivity contribution in [3.05, 3.63) is 29.8 Å². The third kappa shape index (κ3) is 3.17. The molecule has 1 atom stereocenters. The quantitative estimate of drug-likeness (QED) is 0.762. The van der Waals surface area contributed by atoms with Crippen molar-refractivity contribution < 1.29 is 4.74 Å². The zero-order chi connectivity index (χ0) is 14.0. The van der Waals surface area contributed by atoms with Crippen LogP contribution in [-0.2, 0) is 0 Å². The standard InChI is InChI=1S/C18H27NO/c1-3-12-20-17-8-4-15(5-9-17)14(2)19-13-18(10-11-18)16-6-7-16/h4-5,8-9,14,16,19H,3,6-7,10-13H2,1-2H3. The van der Waals surface area contributed by atoms with Crippen molar-refractivity contribution in [3.63, 3.8) is 0 Å². The number of rotatable bonds is 8. The topological polar surface area (TPSA) is 21.3 Å². The van der Waals surface area contributed by atoms with Crippen molar-refractivity contribution in [3.8, 4) is 5.75 Å². The second kappa shape index (κ2) is 5.77. The predicted molar refractivity (Wildman–Crippen MR) is 83.0 cm³/mol. The highest BCUT2D eigenvalue weighted by Crippen LogP contribution is 2.60. The molecule has 110 valence electrons. The molecule has 0 aliphatic heterocycles. The highest BCUT2D eigenvalue weighted by atomic mass is 16.5. The molecule has 0 heterocycles. The van der Waals surface area contributed by atoms with E-state index in [-0.39, 0.29) is 0 Å². The van der Waals surface area contributed by atoms with Crippen molar-refractivity contribution in [2.45, 2.75) is 52.0 Å². The van der Waals surface area contributed by atoms with E-state index in [9.17, 15) is 0 Å². The molecule has 0 saturated heterocycles. The Morgan fingerprint density at radius 1 is 1.25 bits per heavy atom. The summed E-state index contributed by atoms with van der Waals surface area (Å²) in [6.45, 7) is 6.41. The van der Waals surface area contributed by atoms with E-state index in [2.05, 4.69) is 43.4 Å². The van der Waals surface area contributed by atoms with Gasteiger partial charge in [0.05, 0.1) is 6.61 Å². The number of hydrogen-bond acceptors (Lipinski definition) is 2. The van der Waals surface area contributed by atoms with Gasteiger partial charge in [-0.15, -0.1) is 0 Å². The highest BCUT2D eigenvalue weighted by molar-refractivity contribution is 5.29. The minimum atomic E-state index is 0.437. The van der Waals surface area contributed by atoms with E-state index in [1.165, 1.54) is 37.8 Å². The molecule has 1 unspecified atom stereocenters. The van der Waals surface area contributed by atoms with Gasteiger partial charge in [-0.2, -0.15) is 0 Å². The molecule has 1 N–H and O–H groups in total. The van der Waals surface area contributed by atoms with Crippen molar-refractivity contribution in [2.75, 3.05) is 13.2 Å². The van der Waals surface area contributed by atoms with Gasteiger partial charge in [-0.05, 0) is 68.1 Å². The molecule has 0 radical (unpaired) electrons. The fourth-order valence-corrected chi connectivity index (χ4v) is 3.13. The Morgan fingerprint density at radius 2 is 1.95 bits per heavy atom. The van der Waals surface area contributed by atoms with Crippen molar-refractivity contribution in [1.29, 1.82) is 0 Å². The Bertz CT molecular complexity index is 431. The summed E-state index contributed by atoms with van der Waals surface area (Å²) in [6.07, 6.45) is 6.89. The van der Waals surface area contributed by atoms with E-state index in [1.807, 2.05) is 0 Å². The normalized spacial score (nSPS) is 21.5. The lowest BCUT2D eigenvalue weighted by Crippen LogP contribution is -2.27. The fraction of sp³-hybridized carbons (Fsp3) is 0.667. The number of nitrogens with one attached hydrogen (secondary N) is 1. The second-order valence-corrected chi connectivity index (χ2v) is 6.66. The summed E-state index contributed by atoms with van der Waals surface area (Å²) in [5.41, 5.74) is 2.04. The zero-order valence-electron chi connectivity index (χ0n) is 12.8. The van der Waals surface area contributed by atoms with Crippen LogP contribution >= 0.6 is 0 Å². The van der Waals surface area contributed by atoms with Crippen LogP contribution in [0.1, 0.15) is 57.6 Å². The summed E-state index contributed by atoms with van der Waals surface area (Å²) in [6, 6.07) is 9.01. The van der Waals surface area contributed by atoms with Crippen LogP contribution in [0.15, 0.2) is 24.3 Å². The van der Waals surface area contributed by atoms with Gasteiger partial charge in [0.1, 0.15) is 5.75 Å². The van der Waals surface area contributed by atoms with Gasteiger partial charge in [0, 0.05) is 12.6 Å². The molecule has 20 heavy (non-hydrogen) atoms. The van der Waals surface area contributed by atoms with Gasteiger partial charge < -0.3 is 10.1 Å². The summed E-state index contributed by atoms with van der Waals surface area (Å²) < 4.78 is 5.63. The molecule has 0 amide bonds. The van der Waals surface area contributed by atoms with Gasteiger partial charge >= 0.3 is 0 Å². The van der Waals surface area contributed by atoms with E-state index >= 15 is 0 Å². The van der Waals surface area contributed by atoms with E-state index in [0.29, 0.717) is 11.5 Å². The lowest BCUT2D eigenvalue weighted by Gasteiger charge is -2.20. The molecule has 2 fully saturated rings. The van der Waals surface area contributed by atoms with Gasteiger partial charge in [0.25, 0.3) is 0 Å². The molecule has 0 spiro atoms. The fourth-order valence-electron chi connectivity index (χ4n) is 3.13. The van der Waals surface area contributed by atoms with Gasteiger partial charge in [0.15, 0.2) is 0 Å². The van der Waals surface area contributed by atoms with Gasteiger partial charge in [-0.1, -0.05) is 19.1 Å². The summed E-state index contributed by atoms with van der Waals surface area (Å²) >= 11 is 0. The molecular formula is C18H27NO. The maximum Gasteiger partial charge on any atom is 0.119 e. The van der Waals surface area contributed by atoms with E-state index in [4.69, 9.17) is 4.74 Å². The smallest absolute Gasteiger partial charge is 0.119 e. The van der Waals surface area contributed by atoms with Crippen LogP contribution in [0.3, 0.4) is 0 Å². The molecule has 2 heteroatoms. The number of hydrogen-bond donors (Lipinski definition) is 1. The van der Waals surface area contributed by atoms with E-state index in [0.717, 1.165) is 24.7 Å². The molecule has 0 bridgehead atoms. The van der Waals surface area contributed by atoms with E-state index < -0.39 is 0 Å². The molecule has 1 aromatic rings. The summed E-state index contributed by atoms with van der Waals surface area (Å²) in [4.78, 5) is 0. The van der Waals surface area contributed by atoms with Crippen molar-refractivity contribution in [1.82, 2.24) is 5.32 Å². The molecular weight excluding hydrogens is 246 g/mol. The average Bonchev–Trinajstić information content (AvgIpc) is 3.36. The monoisotopic (exact) mass is 273 g/mol. The first-order valence-electron chi connectivity index (χ1n) is 8.20. The van der Waals surface area contributed by atoms with Crippen molar-refractivity contribution in [2.24, 2.45) is 11.3 Å². The molecule has 0 aromatic heterocycles. The van der Waals surface area contributed by atoms with Crippen LogP contribution in [-0.4, -0.2) is 13.2 Å². The lowest BCUT2D eigenvalue weighted by atomic mass is 9.99. The van der Waals surface area contributed by atoms with Crippen LogP contribution in [0.5, 0.6) is 5.75 Å². The molecule has 2 nitrogen and oxygen atoms in total. The van der Waals surface area contributed by atoms with Crippen LogP contribution in [0, 0.1) is 11.3 Å². The molecule has 3 rings (SSSR count). The molecule has 2 aliphatic carbocycles. The number of benzene rings is 1. The summed E-state index contributed by atoms with van der Waals surface area (Å²) in [5.74, 6) is 2.02. The Balaban J connectivity index is 1.50. The summed E-state index contributed by atoms with van der Waals surface area (Å²) in [5, 5.41) is 3.74. The lowest BCUT2D eigenvalue weighted by molar-refractivity contribution is 0.317. The molecule has 2 aliphatic rings. The van der Waals surface area contributed by atoms with Crippen LogP contribution < -0.4 is 10.1 Å².